The van der Waals surface area contributed by atoms with Crippen molar-refractivity contribution < 1.29 is 9.53 Å². The first kappa shape index (κ1) is 16.0. The van der Waals surface area contributed by atoms with Gasteiger partial charge in [0.25, 0.3) is 0 Å². The third-order valence-electron chi connectivity index (χ3n) is 4.17. The maximum absolute atomic E-state index is 12.3. The molecular formula is C17H26N2O2. The van der Waals surface area contributed by atoms with Gasteiger partial charge >= 0.3 is 5.97 Å². The van der Waals surface area contributed by atoms with Gasteiger partial charge < -0.3 is 4.74 Å². The Morgan fingerprint density at radius 3 is 2.71 bits per heavy atom. The SMILES string of the molecule is CCOC(=O)C(NC1CCCCCC1)c1cnccc1C. The quantitative estimate of drug-likeness (QED) is 0.667. The van der Waals surface area contributed by atoms with Crippen molar-refractivity contribution in [3.8, 4) is 0 Å². The van der Waals surface area contributed by atoms with Crippen LogP contribution >= 0.6 is 0 Å². The van der Waals surface area contributed by atoms with E-state index < -0.39 is 6.04 Å². The third kappa shape index (κ3) is 4.53. The smallest absolute Gasteiger partial charge is 0.327 e. The summed E-state index contributed by atoms with van der Waals surface area (Å²) in [6.07, 6.45) is 10.9. The molecule has 1 N–H and O–H groups in total. The van der Waals surface area contributed by atoms with Crippen LogP contribution in [-0.4, -0.2) is 23.6 Å². The number of carbonyl (C=O) groups excluding carboxylic acids is 1. The number of ether oxygens (including phenoxy) is 1. The van der Waals surface area contributed by atoms with E-state index in [0.29, 0.717) is 12.6 Å². The van der Waals surface area contributed by atoms with E-state index in [9.17, 15) is 4.79 Å². The van der Waals surface area contributed by atoms with E-state index in [2.05, 4.69) is 10.3 Å². The van der Waals surface area contributed by atoms with Gasteiger partial charge in [0, 0.05) is 24.0 Å². The van der Waals surface area contributed by atoms with Crippen molar-refractivity contribution in [3.63, 3.8) is 0 Å². The van der Waals surface area contributed by atoms with E-state index in [-0.39, 0.29) is 5.97 Å². The standard InChI is InChI=1S/C17H26N2O2/c1-3-21-17(20)16(15-12-18-11-10-13(15)2)19-14-8-6-4-5-7-9-14/h10-12,14,16,19H,3-9H2,1-2H3. The fourth-order valence-corrected chi connectivity index (χ4v) is 2.97. The van der Waals surface area contributed by atoms with E-state index in [4.69, 9.17) is 4.74 Å². The number of aryl methyl sites for hydroxylation is 1. The first-order chi connectivity index (χ1) is 10.2. The van der Waals surface area contributed by atoms with Gasteiger partial charge in [-0.15, -0.1) is 0 Å². The van der Waals surface area contributed by atoms with E-state index in [1.165, 1.54) is 25.7 Å². The van der Waals surface area contributed by atoms with Crippen molar-refractivity contribution in [2.75, 3.05) is 6.61 Å². The lowest BCUT2D eigenvalue weighted by Crippen LogP contribution is -2.38. The number of esters is 1. The summed E-state index contributed by atoms with van der Waals surface area (Å²) in [5, 5.41) is 3.52. The van der Waals surface area contributed by atoms with Crippen LogP contribution in [0.15, 0.2) is 18.5 Å². The number of aromatic nitrogens is 1. The number of carbonyl (C=O) groups is 1. The lowest BCUT2D eigenvalue weighted by molar-refractivity contribution is -0.146. The van der Waals surface area contributed by atoms with Crippen LogP contribution in [0, 0.1) is 6.92 Å². The summed E-state index contributed by atoms with van der Waals surface area (Å²) < 4.78 is 5.26. The molecule has 2 rings (SSSR count). The van der Waals surface area contributed by atoms with Gasteiger partial charge in [-0.25, -0.2) is 4.79 Å². The molecule has 1 aliphatic rings. The second-order valence-corrected chi connectivity index (χ2v) is 5.77. The number of nitrogens with one attached hydrogen (secondary N) is 1. The first-order valence-electron chi connectivity index (χ1n) is 8.05. The summed E-state index contributed by atoms with van der Waals surface area (Å²) >= 11 is 0. The minimum atomic E-state index is -0.401. The second kappa shape index (κ2) is 8.13. The van der Waals surface area contributed by atoms with Crippen molar-refractivity contribution in [2.45, 2.75) is 64.5 Å². The van der Waals surface area contributed by atoms with Gasteiger partial charge in [0.15, 0.2) is 0 Å². The molecule has 0 spiro atoms. The Hall–Kier alpha value is -1.42. The molecule has 1 aromatic heterocycles. The van der Waals surface area contributed by atoms with Crippen LogP contribution in [0.3, 0.4) is 0 Å². The highest BCUT2D eigenvalue weighted by Crippen LogP contribution is 2.23. The van der Waals surface area contributed by atoms with Gasteiger partial charge in [0.1, 0.15) is 6.04 Å². The van der Waals surface area contributed by atoms with Crippen LogP contribution < -0.4 is 5.32 Å². The molecule has 1 aromatic rings. The van der Waals surface area contributed by atoms with Gasteiger partial charge in [0.2, 0.25) is 0 Å². The molecule has 4 heteroatoms. The first-order valence-corrected chi connectivity index (χ1v) is 8.05. The highest BCUT2D eigenvalue weighted by Gasteiger charge is 2.26. The molecule has 1 saturated carbocycles. The summed E-state index contributed by atoms with van der Waals surface area (Å²) in [5.41, 5.74) is 2.00. The predicted octanol–water partition coefficient (Wildman–Crippen LogP) is 3.31. The van der Waals surface area contributed by atoms with E-state index in [1.54, 1.807) is 12.4 Å². The Morgan fingerprint density at radius 1 is 1.38 bits per heavy atom. The molecular weight excluding hydrogens is 264 g/mol. The monoisotopic (exact) mass is 290 g/mol. The van der Waals surface area contributed by atoms with Crippen molar-refractivity contribution in [1.82, 2.24) is 10.3 Å². The summed E-state index contributed by atoms with van der Waals surface area (Å²) in [6.45, 7) is 4.26. The van der Waals surface area contributed by atoms with Crippen molar-refractivity contribution in [2.24, 2.45) is 0 Å². The molecule has 4 nitrogen and oxygen atoms in total. The van der Waals surface area contributed by atoms with Gasteiger partial charge in [-0.05, 0) is 38.3 Å². The average Bonchev–Trinajstić information content (AvgIpc) is 2.74. The summed E-state index contributed by atoms with van der Waals surface area (Å²) in [6, 6.07) is 1.93. The molecule has 1 aliphatic carbocycles. The van der Waals surface area contributed by atoms with Crippen LogP contribution in [0.4, 0.5) is 0 Å². The summed E-state index contributed by atoms with van der Waals surface area (Å²) in [5.74, 6) is -0.196. The van der Waals surface area contributed by atoms with E-state index in [0.717, 1.165) is 24.0 Å². The largest absolute Gasteiger partial charge is 0.465 e. The molecule has 0 saturated heterocycles. The summed E-state index contributed by atoms with van der Waals surface area (Å²) in [4.78, 5) is 16.5. The zero-order valence-corrected chi connectivity index (χ0v) is 13.1. The number of pyridine rings is 1. The molecule has 116 valence electrons. The van der Waals surface area contributed by atoms with Crippen LogP contribution in [0.1, 0.15) is 62.6 Å². The van der Waals surface area contributed by atoms with E-state index in [1.807, 2.05) is 19.9 Å². The second-order valence-electron chi connectivity index (χ2n) is 5.77. The van der Waals surface area contributed by atoms with Gasteiger partial charge in [-0.2, -0.15) is 0 Å². The fraction of sp³-hybridized carbons (Fsp3) is 0.647. The maximum atomic E-state index is 12.3. The van der Waals surface area contributed by atoms with Crippen LogP contribution in [-0.2, 0) is 9.53 Å². The Labute approximate surface area is 127 Å². The van der Waals surface area contributed by atoms with Gasteiger partial charge in [0.05, 0.1) is 6.61 Å². The Bertz CT molecular complexity index is 454. The van der Waals surface area contributed by atoms with Crippen LogP contribution in [0.25, 0.3) is 0 Å². The Balaban J connectivity index is 2.15. The molecule has 1 heterocycles. The lowest BCUT2D eigenvalue weighted by atomic mass is 10.0. The minimum Gasteiger partial charge on any atom is -0.465 e. The van der Waals surface area contributed by atoms with Crippen molar-refractivity contribution >= 4 is 5.97 Å². The third-order valence-corrected chi connectivity index (χ3v) is 4.17. The number of nitrogens with zero attached hydrogens (tertiary/aromatic N) is 1. The molecule has 1 unspecified atom stereocenters. The number of hydrogen-bond acceptors (Lipinski definition) is 4. The maximum Gasteiger partial charge on any atom is 0.327 e. The van der Waals surface area contributed by atoms with E-state index >= 15 is 0 Å². The number of rotatable bonds is 5. The van der Waals surface area contributed by atoms with Crippen LogP contribution in [0.2, 0.25) is 0 Å². The highest BCUT2D eigenvalue weighted by molar-refractivity contribution is 5.78. The van der Waals surface area contributed by atoms with Gasteiger partial charge in [-0.3, -0.25) is 10.3 Å². The highest BCUT2D eigenvalue weighted by atomic mass is 16.5. The molecule has 1 atom stereocenters. The van der Waals surface area contributed by atoms with Crippen molar-refractivity contribution in [1.29, 1.82) is 0 Å². The average molecular weight is 290 g/mol. The Morgan fingerprint density at radius 2 is 2.10 bits per heavy atom. The molecule has 0 aromatic carbocycles. The zero-order chi connectivity index (χ0) is 15.1. The number of hydrogen-bond donors (Lipinski definition) is 1. The molecule has 0 radical (unpaired) electrons. The Kier molecular flexibility index (Phi) is 6.18. The fourth-order valence-electron chi connectivity index (χ4n) is 2.97. The minimum absolute atomic E-state index is 0.196. The molecule has 0 amide bonds. The predicted molar refractivity (Wildman–Crippen MR) is 83.0 cm³/mol. The topological polar surface area (TPSA) is 51.2 Å². The summed E-state index contributed by atoms with van der Waals surface area (Å²) in [7, 11) is 0. The molecule has 1 fully saturated rings. The van der Waals surface area contributed by atoms with Crippen molar-refractivity contribution in [3.05, 3.63) is 29.6 Å². The lowest BCUT2D eigenvalue weighted by Gasteiger charge is -2.24. The van der Waals surface area contributed by atoms with Crippen LogP contribution in [0.5, 0.6) is 0 Å². The zero-order valence-electron chi connectivity index (χ0n) is 13.1. The van der Waals surface area contributed by atoms with Gasteiger partial charge in [-0.1, -0.05) is 25.7 Å². The molecule has 0 bridgehead atoms. The molecule has 21 heavy (non-hydrogen) atoms. The normalized spacial score (nSPS) is 18.0. The molecule has 0 aliphatic heterocycles.